The predicted octanol–water partition coefficient (Wildman–Crippen LogP) is 10.7. The Kier molecular flexibility index (Phi) is 14.4. The standard InChI is InChI=1S/2C23H28FNO3/c2*1-23(2,3)28-22(26)25-14-13-20(21(24)15-25)18-9-11-19(12-10-18)27-16-17-7-5-4-6-8-17/h2*4-12,20-21H,13-16H2,1-3H3/t2*20-,21+/m10/s1. The van der Waals surface area contributed by atoms with Crippen molar-refractivity contribution < 1.29 is 37.3 Å². The molecule has 4 aromatic carbocycles. The molecule has 8 nitrogen and oxygen atoms in total. The zero-order chi connectivity index (χ0) is 40.3. The number of ether oxygens (including phenoxy) is 4. The van der Waals surface area contributed by atoms with E-state index in [1.807, 2.05) is 151 Å². The molecular weight excluding hydrogens is 715 g/mol. The minimum atomic E-state index is -1.11. The molecule has 0 saturated carbocycles. The second-order valence-electron chi connectivity index (χ2n) is 16.4. The van der Waals surface area contributed by atoms with Gasteiger partial charge in [0.15, 0.2) is 0 Å². The number of rotatable bonds is 8. The molecule has 2 saturated heterocycles. The van der Waals surface area contributed by atoms with E-state index in [0.29, 0.717) is 39.1 Å². The van der Waals surface area contributed by atoms with Gasteiger partial charge in [0.05, 0.1) is 13.1 Å². The van der Waals surface area contributed by atoms with Crippen molar-refractivity contribution in [2.75, 3.05) is 26.2 Å². The largest absolute Gasteiger partial charge is 0.489 e. The minimum absolute atomic E-state index is 0.0613. The van der Waals surface area contributed by atoms with Crippen LogP contribution in [0, 0.1) is 0 Å². The van der Waals surface area contributed by atoms with Crippen LogP contribution in [-0.2, 0) is 22.7 Å². The molecule has 10 heteroatoms. The number of nitrogens with zero attached hydrogens (tertiary/aromatic N) is 2. The fourth-order valence-corrected chi connectivity index (χ4v) is 6.65. The summed E-state index contributed by atoms with van der Waals surface area (Å²) >= 11 is 0. The highest BCUT2D eigenvalue weighted by Gasteiger charge is 2.35. The third-order valence-corrected chi connectivity index (χ3v) is 9.50. The Labute approximate surface area is 330 Å². The highest BCUT2D eigenvalue weighted by atomic mass is 19.1. The Morgan fingerprint density at radius 3 is 1.20 bits per heavy atom. The maximum absolute atomic E-state index is 14.8. The molecule has 0 aliphatic carbocycles. The summed E-state index contributed by atoms with van der Waals surface area (Å²) in [6.07, 6.45) is -1.97. The molecule has 0 spiro atoms. The van der Waals surface area contributed by atoms with Gasteiger partial charge in [-0.05, 0) is 101 Å². The van der Waals surface area contributed by atoms with Crippen molar-refractivity contribution in [3.63, 3.8) is 0 Å². The summed E-state index contributed by atoms with van der Waals surface area (Å²) in [6.45, 7) is 13.0. The predicted molar refractivity (Wildman–Crippen MR) is 215 cm³/mol. The van der Waals surface area contributed by atoms with Gasteiger partial charge < -0.3 is 28.7 Å². The average molecular weight is 771 g/mol. The van der Waals surface area contributed by atoms with Crippen molar-refractivity contribution in [3.05, 3.63) is 131 Å². The van der Waals surface area contributed by atoms with Crippen LogP contribution in [0.3, 0.4) is 0 Å². The van der Waals surface area contributed by atoms with E-state index < -0.39 is 35.7 Å². The lowest BCUT2D eigenvalue weighted by molar-refractivity contribution is 0.0104. The fourth-order valence-electron chi connectivity index (χ4n) is 6.65. The third-order valence-electron chi connectivity index (χ3n) is 9.50. The summed E-state index contributed by atoms with van der Waals surface area (Å²) in [7, 11) is 0. The molecule has 0 aromatic heterocycles. The van der Waals surface area contributed by atoms with Gasteiger partial charge in [0.25, 0.3) is 0 Å². The number of halogens is 2. The number of carbonyl (C=O) groups excluding carboxylic acids is 2. The first-order valence-electron chi connectivity index (χ1n) is 19.4. The van der Waals surface area contributed by atoms with E-state index >= 15 is 0 Å². The first kappa shape index (κ1) is 42.0. The smallest absolute Gasteiger partial charge is 0.410 e. The van der Waals surface area contributed by atoms with Gasteiger partial charge >= 0.3 is 12.2 Å². The average Bonchev–Trinajstić information content (AvgIpc) is 3.16. The van der Waals surface area contributed by atoms with Crippen molar-refractivity contribution in [1.29, 1.82) is 0 Å². The summed E-state index contributed by atoms with van der Waals surface area (Å²) in [5, 5.41) is 0. The molecule has 0 N–H and O–H groups in total. The van der Waals surface area contributed by atoms with Gasteiger partial charge in [-0.1, -0.05) is 84.9 Å². The van der Waals surface area contributed by atoms with Crippen LogP contribution < -0.4 is 9.47 Å². The lowest BCUT2D eigenvalue weighted by Crippen LogP contribution is -2.46. The Balaban J connectivity index is 0.000000214. The van der Waals surface area contributed by atoms with Gasteiger partial charge in [-0.15, -0.1) is 0 Å². The molecule has 0 unspecified atom stereocenters. The monoisotopic (exact) mass is 770 g/mol. The van der Waals surface area contributed by atoms with Crippen LogP contribution >= 0.6 is 0 Å². The number of amides is 2. The van der Waals surface area contributed by atoms with Crippen LogP contribution in [0.15, 0.2) is 109 Å². The van der Waals surface area contributed by atoms with Crippen molar-refractivity contribution in [2.45, 2.75) is 103 Å². The van der Waals surface area contributed by atoms with Crippen LogP contribution in [0.1, 0.15) is 88.5 Å². The third kappa shape index (κ3) is 13.0. The van der Waals surface area contributed by atoms with Crippen LogP contribution in [0.5, 0.6) is 11.5 Å². The number of benzene rings is 4. The van der Waals surface area contributed by atoms with Crippen molar-refractivity contribution >= 4 is 12.2 Å². The highest BCUT2D eigenvalue weighted by Crippen LogP contribution is 2.34. The summed E-state index contributed by atoms with van der Waals surface area (Å²) in [4.78, 5) is 27.2. The molecule has 300 valence electrons. The molecular formula is C46H56F2N2O6. The van der Waals surface area contributed by atoms with Crippen molar-refractivity contribution in [2.24, 2.45) is 0 Å². The van der Waals surface area contributed by atoms with Gasteiger partial charge in [-0.3, -0.25) is 0 Å². The zero-order valence-electron chi connectivity index (χ0n) is 33.5. The SMILES string of the molecule is CC(C)(C)OC(=O)N1CC[C@@H](c2ccc(OCc3ccccc3)cc2)[C@H](F)C1.CC(C)(C)OC(=O)N1CC[C@H](c2ccc(OCc3ccccc3)cc2)[C@@H](F)C1. The molecule has 6 rings (SSSR count). The van der Waals surface area contributed by atoms with Gasteiger partial charge in [0.1, 0.15) is 48.3 Å². The molecule has 2 amide bonds. The van der Waals surface area contributed by atoms with E-state index in [0.717, 1.165) is 33.8 Å². The molecule has 2 heterocycles. The maximum Gasteiger partial charge on any atom is 0.410 e. The number of hydrogen-bond donors (Lipinski definition) is 0. The van der Waals surface area contributed by atoms with Crippen molar-refractivity contribution in [1.82, 2.24) is 9.80 Å². The van der Waals surface area contributed by atoms with E-state index in [4.69, 9.17) is 18.9 Å². The summed E-state index contributed by atoms with van der Waals surface area (Å²) in [5.74, 6) is 1.08. The molecule has 2 aliphatic heterocycles. The van der Waals surface area contributed by atoms with Crippen LogP contribution in [-0.4, -0.2) is 71.7 Å². The number of alkyl halides is 2. The first-order chi connectivity index (χ1) is 26.6. The maximum atomic E-state index is 14.8. The van der Waals surface area contributed by atoms with E-state index in [1.54, 1.807) is 0 Å². The number of piperidine rings is 2. The van der Waals surface area contributed by atoms with Gasteiger partial charge in [-0.25, -0.2) is 18.4 Å². The summed E-state index contributed by atoms with van der Waals surface area (Å²) in [5.41, 5.74) is 2.92. The number of carbonyl (C=O) groups is 2. The van der Waals surface area contributed by atoms with Gasteiger partial charge in [0.2, 0.25) is 0 Å². The lowest BCUT2D eigenvalue weighted by Gasteiger charge is -2.35. The molecule has 0 bridgehead atoms. The topological polar surface area (TPSA) is 77.5 Å². The Bertz CT molecular complexity index is 1680. The molecule has 0 radical (unpaired) electrons. The summed E-state index contributed by atoms with van der Waals surface area (Å²) < 4.78 is 51.8. The van der Waals surface area contributed by atoms with E-state index in [9.17, 15) is 18.4 Å². The molecule has 56 heavy (non-hydrogen) atoms. The minimum Gasteiger partial charge on any atom is -0.489 e. The lowest BCUT2D eigenvalue weighted by atomic mass is 9.88. The van der Waals surface area contributed by atoms with E-state index in [1.165, 1.54) is 9.80 Å². The molecule has 2 fully saturated rings. The Morgan fingerprint density at radius 2 is 0.893 bits per heavy atom. The molecule has 2 aliphatic rings. The second-order valence-corrected chi connectivity index (χ2v) is 16.4. The Morgan fingerprint density at radius 1 is 0.554 bits per heavy atom. The number of likely N-dealkylation sites (tertiary alicyclic amines) is 2. The van der Waals surface area contributed by atoms with Crippen LogP contribution in [0.4, 0.5) is 18.4 Å². The normalized spacial score (nSPS) is 19.9. The molecule has 4 atom stereocenters. The zero-order valence-corrected chi connectivity index (χ0v) is 33.5. The second kappa shape index (κ2) is 19.2. The van der Waals surface area contributed by atoms with E-state index in [-0.39, 0.29) is 24.9 Å². The van der Waals surface area contributed by atoms with Crippen molar-refractivity contribution in [3.8, 4) is 11.5 Å². The fraction of sp³-hybridized carbons (Fsp3) is 0.435. The highest BCUT2D eigenvalue weighted by molar-refractivity contribution is 5.69. The van der Waals surface area contributed by atoms with Crippen LogP contribution in [0.25, 0.3) is 0 Å². The van der Waals surface area contributed by atoms with Gasteiger partial charge in [-0.2, -0.15) is 0 Å². The van der Waals surface area contributed by atoms with Crippen LogP contribution in [0.2, 0.25) is 0 Å². The number of hydrogen-bond acceptors (Lipinski definition) is 6. The van der Waals surface area contributed by atoms with Gasteiger partial charge in [0, 0.05) is 24.9 Å². The van der Waals surface area contributed by atoms with E-state index in [2.05, 4.69) is 0 Å². The molecule has 4 aromatic rings. The first-order valence-corrected chi connectivity index (χ1v) is 19.4. The quantitative estimate of drug-likeness (QED) is 0.178. The summed E-state index contributed by atoms with van der Waals surface area (Å²) in [6, 6.07) is 35.1. The Hall–Kier alpha value is -5.12.